The fourth-order valence-electron chi connectivity index (χ4n) is 2.99. The monoisotopic (exact) mass is 386 g/mol. The minimum absolute atomic E-state index is 0. The van der Waals surface area contributed by atoms with Gasteiger partial charge in [-0.05, 0) is 24.1 Å². The third kappa shape index (κ3) is 4.53. The van der Waals surface area contributed by atoms with Crippen LogP contribution in [0.4, 0.5) is 0 Å². The van der Waals surface area contributed by atoms with E-state index in [0.29, 0.717) is 37.0 Å². The van der Waals surface area contributed by atoms with Gasteiger partial charge in [-0.1, -0.05) is 42.5 Å². The standard InChI is InChI=1S/C20H22N4O2.ClH/c1-23-17-10-6-5-9-16(17)19(25)18(22-23)20(26)24(14-12-21)13-11-15-7-3-2-4-8-15;/h2-10H,11-14,21H2,1H3;1H. The number of benzene rings is 2. The Bertz CT molecular complexity index is 973. The summed E-state index contributed by atoms with van der Waals surface area (Å²) in [5.41, 5.74) is 7.10. The second-order valence-corrected chi connectivity index (χ2v) is 6.13. The molecule has 2 aromatic carbocycles. The van der Waals surface area contributed by atoms with Crippen molar-refractivity contribution < 1.29 is 4.79 Å². The quantitative estimate of drug-likeness (QED) is 0.702. The lowest BCUT2D eigenvalue weighted by Crippen LogP contribution is -2.40. The first-order valence-corrected chi connectivity index (χ1v) is 8.61. The Balaban J connectivity index is 0.00000261. The second-order valence-electron chi connectivity index (χ2n) is 6.13. The fourth-order valence-corrected chi connectivity index (χ4v) is 2.99. The molecule has 2 N–H and O–H groups in total. The normalized spacial score (nSPS) is 10.4. The van der Waals surface area contributed by atoms with Gasteiger partial charge in [0.25, 0.3) is 5.91 Å². The van der Waals surface area contributed by atoms with Crippen LogP contribution in [0.15, 0.2) is 59.4 Å². The van der Waals surface area contributed by atoms with Crippen LogP contribution in [-0.2, 0) is 13.5 Å². The van der Waals surface area contributed by atoms with Gasteiger partial charge in [0.05, 0.1) is 5.52 Å². The first-order valence-electron chi connectivity index (χ1n) is 8.61. The molecule has 0 saturated heterocycles. The minimum atomic E-state index is -0.377. The number of rotatable bonds is 6. The molecule has 0 aliphatic heterocycles. The second kappa shape index (κ2) is 9.30. The van der Waals surface area contributed by atoms with Crippen molar-refractivity contribution in [2.45, 2.75) is 6.42 Å². The van der Waals surface area contributed by atoms with Crippen molar-refractivity contribution >= 4 is 29.2 Å². The molecule has 0 spiro atoms. The molecule has 0 aliphatic rings. The van der Waals surface area contributed by atoms with E-state index in [1.165, 1.54) is 0 Å². The summed E-state index contributed by atoms with van der Waals surface area (Å²) in [5.74, 6) is -0.377. The van der Waals surface area contributed by atoms with Crippen LogP contribution in [0.1, 0.15) is 16.1 Å². The van der Waals surface area contributed by atoms with Crippen LogP contribution in [0.25, 0.3) is 10.9 Å². The summed E-state index contributed by atoms with van der Waals surface area (Å²) >= 11 is 0. The molecule has 0 radical (unpaired) electrons. The number of fused-ring (bicyclic) bond motifs is 1. The van der Waals surface area contributed by atoms with Crippen molar-refractivity contribution in [3.8, 4) is 0 Å². The zero-order chi connectivity index (χ0) is 18.5. The van der Waals surface area contributed by atoms with Crippen LogP contribution < -0.4 is 11.2 Å². The highest BCUT2D eigenvalue weighted by molar-refractivity contribution is 5.95. The Morgan fingerprint density at radius 3 is 2.44 bits per heavy atom. The lowest BCUT2D eigenvalue weighted by atomic mass is 10.1. The lowest BCUT2D eigenvalue weighted by molar-refractivity contribution is 0.0753. The van der Waals surface area contributed by atoms with Crippen LogP contribution in [0.3, 0.4) is 0 Å². The summed E-state index contributed by atoms with van der Waals surface area (Å²) in [4.78, 5) is 27.3. The number of carbonyl (C=O) groups excluding carboxylic acids is 1. The van der Waals surface area contributed by atoms with Crippen molar-refractivity contribution in [2.75, 3.05) is 19.6 Å². The van der Waals surface area contributed by atoms with E-state index >= 15 is 0 Å². The van der Waals surface area contributed by atoms with Gasteiger partial charge >= 0.3 is 0 Å². The Hall–Kier alpha value is -2.70. The largest absolute Gasteiger partial charge is 0.336 e. The Morgan fingerprint density at radius 1 is 1.07 bits per heavy atom. The van der Waals surface area contributed by atoms with Gasteiger partial charge in [0.2, 0.25) is 5.43 Å². The molecule has 0 saturated carbocycles. The number of nitrogens with two attached hydrogens (primary N) is 1. The number of nitrogens with zero attached hydrogens (tertiary/aromatic N) is 3. The molecule has 0 fully saturated rings. The number of hydrogen-bond donors (Lipinski definition) is 1. The molecular weight excluding hydrogens is 364 g/mol. The molecule has 1 amide bonds. The third-order valence-corrected chi connectivity index (χ3v) is 4.36. The molecule has 3 rings (SSSR count). The first-order chi connectivity index (χ1) is 12.6. The van der Waals surface area contributed by atoms with Gasteiger partial charge in [0, 0.05) is 32.1 Å². The highest BCUT2D eigenvalue weighted by atomic mass is 35.5. The molecule has 3 aromatic rings. The van der Waals surface area contributed by atoms with Gasteiger partial charge in [0.1, 0.15) is 0 Å². The zero-order valence-corrected chi connectivity index (χ0v) is 16.0. The van der Waals surface area contributed by atoms with E-state index in [1.54, 1.807) is 28.8 Å². The van der Waals surface area contributed by atoms with Crippen molar-refractivity contribution in [2.24, 2.45) is 12.8 Å². The van der Waals surface area contributed by atoms with Crippen LogP contribution in [0.2, 0.25) is 0 Å². The lowest BCUT2D eigenvalue weighted by Gasteiger charge is -2.22. The van der Waals surface area contributed by atoms with Crippen LogP contribution >= 0.6 is 12.4 Å². The van der Waals surface area contributed by atoms with Crippen molar-refractivity contribution in [1.82, 2.24) is 14.7 Å². The molecule has 142 valence electrons. The molecule has 0 unspecified atom stereocenters. The van der Waals surface area contributed by atoms with E-state index < -0.39 is 0 Å². The minimum Gasteiger partial charge on any atom is -0.336 e. The van der Waals surface area contributed by atoms with Gasteiger partial charge in [-0.2, -0.15) is 5.10 Å². The van der Waals surface area contributed by atoms with E-state index in [4.69, 9.17) is 5.73 Å². The van der Waals surface area contributed by atoms with Gasteiger partial charge in [-0.25, -0.2) is 0 Å². The van der Waals surface area contributed by atoms with Gasteiger partial charge in [-0.3, -0.25) is 14.3 Å². The number of carbonyl (C=O) groups is 1. The predicted molar refractivity (Wildman–Crippen MR) is 109 cm³/mol. The van der Waals surface area contributed by atoms with E-state index in [1.807, 2.05) is 42.5 Å². The molecule has 1 aromatic heterocycles. The molecular formula is C20H23ClN4O2. The smallest absolute Gasteiger partial charge is 0.278 e. The van der Waals surface area contributed by atoms with Gasteiger partial charge in [-0.15, -0.1) is 12.4 Å². The van der Waals surface area contributed by atoms with Crippen LogP contribution in [0.5, 0.6) is 0 Å². The topological polar surface area (TPSA) is 81.2 Å². The van der Waals surface area contributed by atoms with Crippen molar-refractivity contribution in [3.63, 3.8) is 0 Å². The predicted octanol–water partition coefficient (Wildman–Crippen LogP) is 2.00. The van der Waals surface area contributed by atoms with Gasteiger partial charge in [0.15, 0.2) is 5.69 Å². The maximum atomic E-state index is 13.0. The Kier molecular flexibility index (Phi) is 7.10. The summed E-state index contributed by atoms with van der Waals surface area (Å²) < 4.78 is 1.57. The summed E-state index contributed by atoms with van der Waals surface area (Å²) in [5, 5.41) is 4.72. The molecule has 1 heterocycles. The van der Waals surface area contributed by atoms with Crippen LogP contribution in [0, 0.1) is 0 Å². The van der Waals surface area contributed by atoms with E-state index in [-0.39, 0.29) is 29.4 Å². The Morgan fingerprint density at radius 2 is 1.74 bits per heavy atom. The number of aromatic nitrogens is 2. The third-order valence-electron chi connectivity index (χ3n) is 4.36. The highest BCUT2D eigenvalue weighted by Crippen LogP contribution is 2.10. The molecule has 27 heavy (non-hydrogen) atoms. The number of aryl methyl sites for hydroxylation is 1. The summed E-state index contributed by atoms with van der Waals surface area (Å²) in [6, 6.07) is 17.1. The number of para-hydroxylation sites is 1. The highest BCUT2D eigenvalue weighted by Gasteiger charge is 2.22. The van der Waals surface area contributed by atoms with Crippen molar-refractivity contribution in [3.05, 3.63) is 76.1 Å². The average Bonchev–Trinajstić information content (AvgIpc) is 2.68. The summed E-state index contributed by atoms with van der Waals surface area (Å²) in [7, 11) is 1.73. The molecule has 0 bridgehead atoms. The average molecular weight is 387 g/mol. The molecule has 0 aliphatic carbocycles. The van der Waals surface area contributed by atoms with Crippen LogP contribution in [-0.4, -0.2) is 40.2 Å². The summed E-state index contributed by atoms with van der Waals surface area (Å²) in [6.45, 7) is 1.19. The zero-order valence-electron chi connectivity index (χ0n) is 15.2. The number of halogens is 1. The van der Waals surface area contributed by atoms with E-state index in [2.05, 4.69) is 5.10 Å². The number of amides is 1. The van der Waals surface area contributed by atoms with Gasteiger partial charge < -0.3 is 10.6 Å². The van der Waals surface area contributed by atoms with Crippen molar-refractivity contribution in [1.29, 1.82) is 0 Å². The number of hydrogen-bond acceptors (Lipinski definition) is 4. The first kappa shape index (κ1) is 20.6. The molecule has 7 heteroatoms. The Labute approximate surface area is 164 Å². The molecule has 0 atom stereocenters. The van der Waals surface area contributed by atoms with E-state index in [9.17, 15) is 9.59 Å². The SMILES string of the molecule is Cl.Cn1nc(C(=O)N(CCN)CCc2ccccc2)c(=O)c2ccccc21. The van der Waals surface area contributed by atoms with E-state index in [0.717, 1.165) is 5.56 Å². The maximum absolute atomic E-state index is 13.0. The maximum Gasteiger partial charge on any atom is 0.278 e. The molecule has 6 nitrogen and oxygen atoms in total. The fraction of sp³-hybridized carbons (Fsp3) is 0.250. The summed E-state index contributed by atoms with van der Waals surface area (Å²) in [6.07, 6.45) is 0.695.